The highest BCUT2D eigenvalue weighted by Gasteiger charge is 2.23. The van der Waals surface area contributed by atoms with Crippen LogP contribution in [0, 0.1) is 6.92 Å². The third-order valence-corrected chi connectivity index (χ3v) is 6.02. The lowest BCUT2D eigenvalue weighted by Gasteiger charge is -2.35. The number of carbonyl (C=O) groups excluding carboxylic acids is 1. The van der Waals surface area contributed by atoms with Gasteiger partial charge in [0.15, 0.2) is 6.61 Å². The maximum atomic E-state index is 12.5. The summed E-state index contributed by atoms with van der Waals surface area (Å²) in [5, 5.41) is 1.10. The molecule has 0 bridgehead atoms. The molecule has 3 aromatic rings. The average Bonchev–Trinajstić information content (AvgIpc) is 3.12. The third-order valence-electron chi connectivity index (χ3n) is 5.06. The number of hydrogen-bond acceptors (Lipinski definition) is 6. The van der Waals surface area contributed by atoms with Gasteiger partial charge in [0, 0.05) is 31.1 Å². The highest BCUT2D eigenvalue weighted by atomic mass is 32.1. The van der Waals surface area contributed by atoms with Crippen LogP contribution in [-0.4, -0.2) is 53.6 Å². The Hall–Kier alpha value is -2.67. The van der Waals surface area contributed by atoms with Crippen molar-refractivity contribution in [3.63, 3.8) is 0 Å². The van der Waals surface area contributed by atoms with Crippen LogP contribution in [0.15, 0.2) is 36.7 Å². The van der Waals surface area contributed by atoms with E-state index < -0.39 is 0 Å². The molecule has 0 spiro atoms. The number of piperazine rings is 1. The number of nitrogens with zero attached hydrogens (tertiary/aromatic N) is 4. The minimum Gasteiger partial charge on any atom is -0.484 e. The van der Waals surface area contributed by atoms with Crippen LogP contribution in [0.4, 0.5) is 5.82 Å². The van der Waals surface area contributed by atoms with Crippen LogP contribution in [0.25, 0.3) is 10.2 Å². The summed E-state index contributed by atoms with van der Waals surface area (Å²) in [4.78, 5) is 27.7. The summed E-state index contributed by atoms with van der Waals surface area (Å²) in [7, 11) is 0. The summed E-state index contributed by atoms with van der Waals surface area (Å²) in [5.74, 6) is 1.73. The van der Waals surface area contributed by atoms with Crippen molar-refractivity contribution in [3.8, 4) is 5.75 Å². The molecule has 1 amide bonds. The van der Waals surface area contributed by atoms with Gasteiger partial charge in [-0.1, -0.05) is 19.1 Å². The Kier molecular flexibility index (Phi) is 5.43. The number of amides is 1. The van der Waals surface area contributed by atoms with E-state index in [1.807, 2.05) is 29.2 Å². The number of thiophene rings is 1. The maximum Gasteiger partial charge on any atom is 0.260 e. The second kappa shape index (κ2) is 8.14. The number of carbonyl (C=O) groups is 1. The molecule has 7 heteroatoms. The fourth-order valence-corrected chi connectivity index (χ4v) is 4.28. The van der Waals surface area contributed by atoms with Crippen LogP contribution in [0.2, 0.25) is 0 Å². The van der Waals surface area contributed by atoms with E-state index in [9.17, 15) is 4.79 Å². The van der Waals surface area contributed by atoms with Gasteiger partial charge < -0.3 is 14.5 Å². The van der Waals surface area contributed by atoms with Crippen molar-refractivity contribution in [1.82, 2.24) is 14.9 Å². The largest absolute Gasteiger partial charge is 0.484 e. The zero-order valence-electron chi connectivity index (χ0n) is 16.2. The molecule has 1 aliphatic rings. The number of hydrogen-bond donors (Lipinski definition) is 0. The van der Waals surface area contributed by atoms with Crippen molar-refractivity contribution in [2.24, 2.45) is 0 Å². The number of ether oxygens (including phenoxy) is 1. The topological polar surface area (TPSA) is 58.6 Å². The molecule has 146 valence electrons. The Morgan fingerprint density at radius 3 is 2.61 bits per heavy atom. The first kappa shape index (κ1) is 18.7. The molecule has 0 saturated carbocycles. The average molecular weight is 397 g/mol. The standard InChI is InChI=1S/C21H24N4O2S/c1-3-16-4-6-17(7-5-16)27-13-19(26)24-8-10-25(11-9-24)20-18-12-15(2)28-21(18)23-14-22-20/h4-7,12,14H,3,8-11,13H2,1-2H3. The van der Waals surface area contributed by atoms with Crippen LogP contribution in [0.3, 0.4) is 0 Å². The van der Waals surface area contributed by atoms with E-state index in [4.69, 9.17) is 4.74 Å². The Balaban J connectivity index is 1.33. The molecule has 0 aliphatic carbocycles. The van der Waals surface area contributed by atoms with Gasteiger partial charge in [-0.2, -0.15) is 0 Å². The second-order valence-corrected chi connectivity index (χ2v) is 8.16. The molecule has 0 atom stereocenters. The highest BCUT2D eigenvalue weighted by molar-refractivity contribution is 7.18. The summed E-state index contributed by atoms with van der Waals surface area (Å²) in [6.45, 7) is 7.15. The number of anilines is 1. The lowest BCUT2D eigenvalue weighted by atomic mass is 10.2. The summed E-state index contributed by atoms with van der Waals surface area (Å²) in [6.07, 6.45) is 2.62. The molecule has 0 N–H and O–H groups in total. The molecule has 28 heavy (non-hydrogen) atoms. The van der Waals surface area contributed by atoms with E-state index >= 15 is 0 Å². The van der Waals surface area contributed by atoms with Crippen molar-refractivity contribution in [2.45, 2.75) is 20.3 Å². The first-order valence-corrected chi connectivity index (χ1v) is 10.4. The monoisotopic (exact) mass is 396 g/mol. The summed E-state index contributed by atoms with van der Waals surface area (Å²) >= 11 is 1.68. The van der Waals surface area contributed by atoms with Gasteiger partial charge in [0.2, 0.25) is 0 Å². The third kappa shape index (κ3) is 3.94. The minimum atomic E-state index is 0.0263. The highest BCUT2D eigenvalue weighted by Crippen LogP contribution is 2.30. The lowest BCUT2D eigenvalue weighted by molar-refractivity contribution is -0.133. The summed E-state index contributed by atoms with van der Waals surface area (Å²) in [6, 6.07) is 10.1. The molecular formula is C21H24N4O2S. The minimum absolute atomic E-state index is 0.0263. The maximum absolute atomic E-state index is 12.5. The zero-order chi connectivity index (χ0) is 19.5. The van der Waals surface area contributed by atoms with E-state index in [-0.39, 0.29) is 12.5 Å². The molecule has 1 aliphatic heterocycles. The van der Waals surface area contributed by atoms with Gasteiger partial charge in [-0.25, -0.2) is 9.97 Å². The van der Waals surface area contributed by atoms with Crippen LogP contribution in [-0.2, 0) is 11.2 Å². The van der Waals surface area contributed by atoms with Gasteiger partial charge in [0.25, 0.3) is 5.91 Å². The van der Waals surface area contributed by atoms with Crippen LogP contribution < -0.4 is 9.64 Å². The van der Waals surface area contributed by atoms with Crippen LogP contribution in [0.5, 0.6) is 5.75 Å². The Morgan fingerprint density at radius 2 is 1.89 bits per heavy atom. The lowest BCUT2D eigenvalue weighted by Crippen LogP contribution is -2.50. The molecule has 1 aromatic carbocycles. The van der Waals surface area contributed by atoms with Gasteiger partial charge >= 0.3 is 0 Å². The second-order valence-electron chi connectivity index (χ2n) is 6.93. The van der Waals surface area contributed by atoms with Gasteiger partial charge in [0.1, 0.15) is 22.7 Å². The molecule has 3 heterocycles. The number of aryl methyl sites for hydroxylation is 2. The molecule has 0 unspecified atom stereocenters. The van der Waals surface area contributed by atoms with Crippen LogP contribution in [0.1, 0.15) is 17.4 Å². The molecule has 4 rings (SSSR count). The molecule has 1 saturated heterocycles. The zero-order valence-corrected chi connectivity index (χ0v) is 17.0. The Morgan fingerprint density at radius 1 is 1.14 bits per heavy atom. The molecule has 0 radical (unpaired) electrons. The predicted octanol–water partition coefficient (Wildman–Crippen LogP) is 3.29. The number of fused-ring (bicyclic) bond motifs is 1. The fourth-order valence-electron chi connectivity index (χ4n) is 3.44. The SMILES string of the molecule is CCc1ccc(OCC(=O)N2CCN(c3ncnc4sc(C)cc34)CC2)cc1. The van der Waals surface area contributed by atoms with E-state index in [1.54, 1.807) is 17.7 Å². The normalized spacial score (nSPS) is 14.5. The quantitative estimate of drug-likeness (QED) is 0.662. The van der Waals surface area contributed by atoms with E-state index in [1.165, 1.54) is 10.4 Å². The van der Waals surface area contributed by atoms with E-state index in [0.29, 0.717) is 13.1 Å². The number of aromatic nitrogens is 2. The van der Waals surface area contributed by atoms with Crippen LogP contribution >= 0.6 is 11.3 Å². The summed E-state index contributed by atoms with van der Waals surface area (Å²) < 4.78 is 5.67. The first-order chi connectivity index (χ1) is 13.6. The first-order valence-electron chi connectivity index (χ1n) is 9.59. The van der Waals surface area contributed by atoms with Gasteiger partial charge in [-0.05, 0) is 37.1 Å². The Labute approximate surface area is 168 Å². The van der Waals surface area contributed by atoms with E-state index in [2.05, 4.69) is 34.8 Å². The van der Waals surface area contributed by atoms with E-state index in [0.717, 1.165) is 41.3 Å². The van der Waals surface area contributed by atoms with Crippen molar-refractivity contribution < 1.29 is 9.53 Å². The van der Waals surface area contributed by atoms with Gasteiger partial charge in [-0.3, -0.25) is 4.79 Å². The van der Waals surface area contributed by atoms with Crippen molar-refractivity contribution >= 4 is 33.3 Å². The Bertz CT molecular complexity index is 962. The summed E-state index contributed by atoms with van der Waals surface area (Å²) in [5.41, 5.74) is 1.26. The molecule has 1 fully saturated rings. The number of benzene rings is 1. The van der Waals surface area contributed by atoms with Gasteiger partial charge in [-0.15, -0.1) is 11.3 Å². The molecule has 2 aromatic heterocycles. The van der Waals surface area contributed by atoms with Gasteiger partial charge in [0.05, 0.1) is 5.39 Å². The predicted molar refractivity (Wildman–Crippen MR) is 112 cm³/mol. The van der Waals surface area contributed by atoms with Crippen molar-refractivity contribution in [2.75, 3.05) is 37.7 Å². The van der Waals surface area contributed by atoms with Crippen molar-refractivity contribution in [1.29, 1.82) is 0 Å². The molecular weight excluding hydrogens is 372 g/mol. The fraction of sp³-hybridized carbons (Fsp3) is 0.381. The van der Waals surface area contributed by atoms with Crippen molar-refractivity contribution in [3.05, 3.63) is 47.1 Å². The smallest absolute Gasteiger partial charge is 0.260 e. The number of rotatable bonds is 5. The molecule has 6 nitrogen and oxygen atoms in total.